The Labute approximate surface area is 111 Å². The Kier molecular flexibility index (Phi) is 6.62. The van der Waals surface area contributed by atoms with Crippen molar-refractivity contribution >= 4 is 0 Å². The standard InChI is InChI=1S/C14H27N3O/c1-4-7-16-14(3,12-15)6-5-8-17-9-10-18-11-13(17)2/h13,16H,4-11H2,1-3H3. The maximum Gasteiger partial charge on any atom is 0.103 e. The minimum atomic E-state index is -0.370. The van der Waals surface area contributed by atoms with Crippen LogP contribution in [0.4, 0.5) is 0 Å². The molecule has 1 saturated heterocycles. The fourth-order valence-electron chi connectivity index (χ4n) is 2.31. The molecule has 0 saturated carbocycles. The van der Waals surface area contributed by atoms with Crippen LogP contribution in [0.15, 0.2) is 0 Å². The zero-order chi connectivity index (χ0) is 13.4. The summed E-state index contributed by atoms with van der Waals surface area (Å²) in [7, 11) is 0. The van der Waals surface area contributed by atoms with Crippen LogP contribution in [0.2, 0.25) is 0 Å². The van der Waals surface area contributed by atoms with Gasteiger partial charge in [-0.15, -0.1) is 0 Å². The van der Waals surface area contributed by atoms with Gasteiger partial charge in [0.05, 0.1) is 19.3 Å². The highest BCUT2D eigenvalue weighted by molar-refractivity contribution is 5.03. The van der Waals surface area contributed by atoms with Crippen molar-refractivity contribution in [2.45, 2.75) is 51.6 Å². The van der Waals surface area contributed by atoms with Crippen LogP contribution < -0.4 is 5.32 Å². The van der Waals surface area contributed by atoms with E-state index in [1.54, 1.807) is 0 Å². The monoisotopic (exact) mass is 253 g/mol. The summed E-state index contributed by atoms with van der Waals surface area (Å²) in [6.07, 6.45) is 3.04. The van der Waals surface area contributed by atoms with E-state index < -0.39 is 0 Å². The minimum absolute atomic E-state index is 0.370. The number of hydrogen-bond acceptors (Lipinski definition) is 4. The summed E-state index contributed by atoms with van der Waals surface area (Å²) in [5.74, 6) is 0. The SMILES string of the molecule is CCCNC(C)(C#N)CCCN1CCOCC1C. The number of nitrogens with one attached hydrogen (secondary N) is 1. The average molecular weight is 253 g/mol. The third kappa shape index (κ3) is 4.93. The van der Waals surface area contributed by atoms with Crippen molar-refractivity contribution in [2.75, 3.05) is 32.8 Å². The molecular formula is C14H27N3O. The van der Waals surface area contributed by atoms with Crippen molar-refractivity contribution in [3.05, 3.63) is 0 Å². The number of nitriles is 1. The van der Waals surface area contributed by atoms with Crippen LogP contribution in [0.25, 0.3) is 0 Å². The number of nitrogens with zero attached hydrogens (tertiary/aromatic N) is 2. The van der Waals surface area contributed by atoms with E-state index in [-0.39, 0.29) is 5.54 Å². The van der Waals surface area contributed by atoms with Crippen LogP contribution in [-0.2, 0) is 4.74 Å². The molecule has 0 spiro atoms. The average Bonchev–Trinajstić information content (AvgIpc) is 2.39. The molecule has 0 aromatic heterocycles. The highest BCUT2D eigenvalue weighted by Gasteiger charge is 2.24. The van der Waals surface area contributed by atoms with Gasteiger partial charge in [-0.05, 0) is 46.2 Å². The highest BCUT2D eigenvalue weighted by atomic mass is 16.5. The van der Waals surface area contributed by atoms with Gasteiger partial charge >= 0.3 is 0 Å². The maximum atomic E-state index is 9.25. The van der Waals surface area contributed by atoms with Gasteiger partial charge < -0.3 is 4.74 Å². The molecule has 0 amide bonds. The van der Waals surface area contributed by atoms with Crippen molar-refractivity contribution < 1.29 is 4.74 Å². The zero-order valence-electron chi connectivity index (χ0n) is 12.0. The Hall–Kier alpha value is -0.630. The number of hydrogen-bond donors (Lipinski definition) is 1. The third-order valence-electron chi connectivity index (χ3n) is 3.64. The first-order valence-corrected chi connectivity index (χ1v) is 7.09. The first-order valence-electron chi connectivity index (χ1n) is 7.09. The van der Waals surface area contributed by atoms with Crippen LogP contribution in [0.5, 0.6) is 0 Å². The molecule has 1 heterocycles. The van der Waals surface area contributed by atoms with Crippen LogP contribution in [0.1, 0.15) is 40.0 Å². The molecule has 2 unspecified atom stereocenters. The van der Waals surface area contributed by atoms with Gasteiger partial charge in [0, 0.05) is 12.6 Å². The van der Waals surface area contributed by atoms with E-state index in [4.69, 9.17) is 4.74 Å². The van der Waals surface area contributed by atoms with Gasteiger partial charge in [-0.1, -0.05) is 6.92 Å². The lowest BCUT2D eigenvalue weighted by atomic mass is 9.97. The van der Waals surface area contributed by atoms with E-state index in [2.05, 4.69) is 30.1 Å². The van der Waals surface area contributed by atoms with Crippen LogP contribution in [0.3, 0.4) is 0 Å². The van der Waals surface area contributed by atoms with E-state index in [9.17, 15) is 5.26 Å². The summed E-state index contributed by atoms with van der Waals surface area (Å²) in [5, 5.41) is 12.6. The number of ether oxygens (including phenoxy) is 1. The van der Waals surface area contributed by atoms with E-state index >= 15 is 0 Å². The number of rotatable bonds is 7. The largest absolute Gasteiger partial charge is 0.379 e. The molecule has 0 aliphatic carbocycles. The van der Waals surface area contributed by atoms with Gasteiger partial charge in [0.2, 0.25) is 0 Å². The Morgan fingerprint density at radius 3 is 2.94 bits per heavy atom. The van der Waals surface area contributed by atoms with Crippen molar-refractivity contribution in [2.24, 2.45) is 0 Å². The second kappa shape index (κ2) is 7.73. The summed E-state index contributed by atoms with van der Waals surface area (Å²) in [4.78, 5) is 2.46. The topological polar surface area (TPSA) is 48.3 Å². The summed E-state index contributed by atoms with van der Waals surface area (Å²) < 4.78 is 5.43. The second-order valence-corrected chi connectivity index (χ2v) is 5.43. The second-order valence-electron chi connectivity index (χ2n) is 5.43. The van der Waals surface area contributed by atoms with Gasteiger partial charge in [0.1, 0.15) is 5.54 Å². The predicted octanol–water partition coefficient (Wildman–Crippen LogP) is 1.77. The lowest BCUT2D eigenvalue weighted by Gasteiger charge is -2.34. The first kappa shape index (κ1) is 15.4. The summed E-state index contributed by atoms with van der Waals surface area (Å²) in [6.45, 7) is 11.0. The van der Waals surface area contributed by atoms with Gasteiger partial charge in [-0.2, -0.15) is 5.26 Å². The molecule has 4 nitrogen and oxygen atoms in total. The van der Waals surface area contributed by atoms with Crippen LogP contribution >= 0.6 is 0 Å². The van der Waals surface area contributed by atoms with Crippen molar-refractivity contribution in [1.29, 1.82) is 5.26 Å². The third-order valence-corrected chi connectivity index (χ3v) is 3.64. The van der Waals surface area contributed by atoms with E-state index in [1.807, 2.05) is 6.92 Å². The summed E-state index contributed by atoms with van der Waals surface area (Å²) in [5.41, 5.74) is -0.370. The Morgan fingerprint density at radius 1 is 1.56 bits per heavy atom. The normalized spacial score (nSPS) is 24.4. The smallest absolute Gasteiger partial charge is 0.103 e. The molecule has 4 heteroatoms. The van der Waals surface area contributed by atoms with E-state index in [0.717, 1.165) is 52.1 Å². The Bertz CT molecular complexity index is 277. The molecule has 2 atom stereocenters. The summed E-state index contributed by atoms with van der Waals surface area (Å²) in [6, 6.07) is 2.92. The Morgan fingerprint density at radius 2 is 2.33 bits per heavy atom. The molecule has 1 rings (SSSR count). The molecule has 1 N–H and O–H groups in total. The lowest BCUT2D eigenvalue weighted by Crippen LogP contribution is -2.45. The van der Waals surface area contributed by atoms with Gasteiger partial charge in [-0.3, -0.25) is 10.2 Å². The summed E-state index contributed by atoms with van der Waals surface area (Å²) >= 11 is 0. The lowest BCUT2D eigenvalue weighted by molar-refractivity contribution is -0.00134. The van der Waals surface area contributed by atoms with Crippen molar-refractivity contribution in [3.63, 3.8) is 0 Å². The Balaban J connectivity index is 2.28. The van der Waals surface area contributed by atoms with Crippen LogP contribution in [-0.4, -0.2) is 49.3 Å². The fraction of sp³-hybridized carbons (Fsp3) is 0.929. The quantitative estimate of drug-likeness (QED) is 0.751. The zero-order valence-corrected chi connectivity index (χ0v) is 12.0. The number of morpholine rings is 1. The van der Waals surface area contributed by atoms with E-state index in [0.29, 0.717) is 6.04 Å². The minimum Gasteiger partial charge on any atom is -0.379 e. The molecule has 0 aromatic carbocycles. The van der Waals surface area contributed by atoms with Crippen molar-refractivity contribution in [3.8, 4) is 6.07 Å². The molecular weight excluding hydrogens is 226 g/mol. The van der Waals surface area contributed by atoms with Gasteiger partial charge in [0.15, 0.2) is 0 Å². The molecule has 104 valence electrons. The fourth-order valence-corrected chi connectivity index (χ4v) is 2.31. The molecule has 0 aromatic rings. The molecule has 1 aliphatic rings. The molecule has 0 bridgehead atoms. The first-order chi connectivity index (χ1) is 8.61. The highest BCUT2D eigenvalue weighted by Crippen LogP contribution is 2.14. The van der Waals surface area contributed by atoms with Gasteiger partial charge in [0.25, 0.3) is 0 Å². The maximum absolute atomic E-state index is 9.25. The molecule has 1 aliphatic heterocycles. The van der Waals surface area contributed by atoms with Gasteiger partial charge in [-0.25, -0.2) is 0 Å². The van der Waals surface area contributed by atoms with Crippen LogP contribution in [0, 0.1) is 11.3 Å². The van der Waals surface area contributed by atoms with E-state index in [1.165, 1.54) is 0 Å². The molecule has 1 fully saturated rings. The predicted molar refractivity (Wildman–Crippen MR) is 73.4 cm³/mol. The molecule has 18 heavy (non-hydrogen) atoms. The van der Waals surface area contributed by atoms with Crippen molar-refractivity contribution in [1.82, 2.24) is 10.2 Å². The molecule has 0 radical (unpaired) electrons.